The van der Waals surface area contributed by atoms with Crippen LogP contribution in [0.4, 0.5) is 4.39 Å². The molecule has 0 atom stereocenters. The van der Waals surface area contributed by atoms with Crippen LogP contribution in [0.1, 0.15) is 5.56 Å². The Morgan fingerprint density at radius 3 is 3.00 bits per heavy atom. The van der Waals surface area contributed by atoms with Gasteiger partial charge in [0.25, 0.3) is 5.91 Å². The third-order valence-corrected chi connectivity index (χ3v) is 4.95. The van der Waals surface area contributed by atoms with Gasteiger partial charge in [0.1, 0.15) is 5.82 Å². The Labute approximate surface area is 156 Å². The molecule has 2 aromatic carbocycles. The van der Waals surface area contributed by atoms with E-state index in [1.165, 1.54) is 24.0 Å². The van der Waals surface area contributed by atoms with Gasteiger partial charge in [-0.3, -0.25) is 4.79 Å². The molecule has 128 valence electrons. The van der Waals surface area contributed by atoms with Crippen LogP contribution in [0.5, 0.6) is 0 Å². The lowest BCUT2D eigenvalue weighted by Crippen LogP contribution is -2.20. The van der Waals surface area contributed by atoms with E-state index >= 15 is 0 Å². The van der Waals surface area contributed by atoms with Gasteiger partial charge in [0.15, 0.2) is 5.16 Å². The van der Waals surface area contributed by atoms with Crippen molar-refractivity contribution in [2.75, 3.05) is 5.75 Å². The highest BCUT2D eigenvalue weighted by Gasteiger charge is 2.10. The van der Waals surface area contributed by atoms with E-state index in [1.807, 2.05) is 35.9 Å². The number of nitrogens with zero attached hydrogens (tertiary/aromatic N) is 3. The number of halogens is 2. The average molecular weight is 421 g/mol. The monoisotopic (exact) mass is 420 g/mol. The molecular formula is C17H14BrFN4OS. The molecule has 0 aliphatic heterocycles. The molecule has 0 saturated heterocycles. The number of thioether (sulfide) groups is 1. The summed E-state index contributed by atoms with van der Waals surface area (Å²) >= 11 is 4.58. The molecule has 1 heterocycles. The number of carbonyl (C=O) groups excluding carboxylic acids is 1. The predicted octanol–water partition coefficient (Wildman–Crippen LogP) is 3.72. The van der Waals surface area contributed by atoms with E-state index in [0.717, 1.165) is 20.7 Å². The third-order valence-electron chi connectivity index (χ3n) is 3.43. The van der Waals surface area contributed by atoms with E-state index < -0.39 is 5.82 Å². The number of aryl methyl sites for hydroxylation is 1. The largest absolute Gasteiger partial charge is 0.322 e. The highest BCUT2D eigenvalue weighted by Crippen LogP contribution is 2.22. The number of hydrogen-bond donors (Lipinski definition) is 1. The van der Waals surface area contributed by atoms with Crippen LogP contribution in [0.3, 0.4) is 0 Å². The number of benzene rings is 2. The second kappa shape index (κ2) is 7.79. The topological polar surface area (TPSA) is 59.3 Å². The first-order valence-electron chi connectivity index (χ1n) is 7.36. The number of para-hydroxylation sites is 2. The van der Waals surface area contributed by atoms with Gasteiger partial charge >= 0.3 is 0 Å². The summed E-state index contributed by atoms with van der Waals surface area (Å²) < 4.78 is 16.2. The first-order chi connectivity index (χ1) is 12.0. The smallest absolute Gasteiger partial charge is 0.250 e. The summed E-state index contributed by atoms with van der Waals surface area (Å²) in [4.78, 5) is 16.4. The zero-order valence-corrected chi connectivity index (χ0v) is 15.6. The van der Waals surface area contributed by atoms with Crippen molar-refractivity contribution in [1.82, 2.24) is 15.0 Å². The maximum absolute atomic E-state index is 13.6. The zero-order chi connectivity index (χ0) is 17.8. The predicted molar refractivity (Wildman–Crippen MR) is 101 cm³/mol. The van der Waals surface area contributed by atoms with Crippen molar-refractivity contribution in [2.45, 2.75) is 5.16 Å². The second-order valence-electron chi connectivity index (χ2n) is 5.19. The molecule has 0 radical (unpaired) electrons. The first kappa shape index (κ1) is 17.6. The summed E-state index contributed by atoms with van der Waals surface area (Å²) in [5.41, 5.74) is 4.57. The Morgan fingerprint density at radius 1 is 1.40 bits per heavy atom. The molecule has 0 bridgehead atoms. The summed E-state index contributed by atoms with van der Waals surface area (Å²) in [6, 6.07) is 12.3. The second-order valence-corrected chi connectivity index (χ2v) is 7.05. The molecule has 0 aliphatic carbocycles. The van der Waals surface area contributed by atoms with Crippen LogP contribution in [-0.2, 0) is 11.8 Å². The minimum absolute atomic E-state index is 0.162. The van der Waals surface area contributed by atoms with Crippen LogP contribution in [-0.4, -0.2) is 27.4 Å². The van der Waals surface area contributed by atoms with Crippen molar-refractivity contribution in [3.63, 3.8) is 0 Å². The number of rotatable bonds is 5. The number of aromatic nitrogens is 2. The molecule has 0 unspecified atom stereocenters. The highest BCUT2D eigenvalue weighted by atomic mass is 79.9. The lowest BCUT2D eigenvalue weighted by Gasteiger charge is -2.02. The van der Waals surface area contributed by atoms with Crippen LogP contribution in [0, 0.1) is 5.82 Å². The van der Waals surface area contributed by atoms with Gasteiger partial charge < -0.3 is 4.57 Å². The molecule has 1 aromatic heterocycles. The van der Waals surface area contributed by atoms with Crippen molar-refractivity contribution in [2.24, 2.45) is 12.1 Å². The summed E-state index contributed by atoms with van der Waals surface area (Å²) in [5.74, 6) is -0.533. The molecule has 0 aliphatic rings. The molecule has 3 rings (SSSR count). The van der Waals surface area contributed by atoms with Gasteiger partial charge in [0.2, 0.25) is 0 Å². The highest BCUT2D eigenvalue weighted by molar-refractivity contribution is 9.10. The van der Waals surface area contributed by atoms with Crippen LogP contribution >= 0.6 is 27.7 Å². The first-order valence-corrected chi connectivity index (χ1v) is 9.13. The average Bonchev–Trinajstić information content (AvgIpc) is 2.92. The lowest BCUT2D eigenvalue weighted by molar-refractivity contribution is -0.118. The van der Waals surface area contributed by atoms with E-state index in [-0.39, 0.29) is 17.2 Å². The van der Waals surface area contributed by atoms with Gasteiger partial charge in [0.05, 0.1) is 23.0 Å². The Balaban J connectivity index is 1.58. The summed E-state index contributed by atoms with van der Waals surface area (Å²) in [5, 5.41) is 4.54. The molecule has 1 N–H and O–H groups in total. The number of amides is 1. The van der Waals surface area contributed by atoms with Crippen LogP contribution < -0.4 is 5.43 Å². The van der Waals surface area contributed by atoms with Gasteiger partial charge in [-0.1, -0.05) is 39.8 Å². The fraction of sp³-hybridized carbons (Fsp3) is 0.118. The molecule has 3 aromatic rings. The maximum atomic E-state index is 13.6. The number of fused-ring (bicyclic) bond motifs is 1. The van der Waals surface area contributed by atoms with Crippen LogP contribution in [0.2, 0.25) is 0 Å². The van der Waals surface area contributed by atoms with E-state index in [4.69, 9.17) is 0 Å². The molecule has 5 nitrogen and oxygen atoms in total. The quantitative estimate of drug-likeness (QED) is 0.388. The van der Waals surface area contributed by atoms with Crippen molar-refractivity contribution in [1.29, 1.82) is 0 Å². The van der Waals surface area contributed by atoms with Crippen molar-refractivity contribution < 1.29 is 9.18 Å². The number of nitrogens with one attached hydrogen (secondary N) is 1. The Morgan fingerprint density at radius 2 is 2.20 bits per heavy atom. The fourth-order valence-electron chi connectivity index (χ4n) is 2.20. The molecular weight excluding hydrogens is 407 g/mol. The molecule has 8 heteroatoms. The van der Waals surface area contributed by atoms with Crippen LogP contribution in [0.15, 0.2) is 57.2 Å². The third kappa shape index (κ3) is 4.26. The van der Waals surface area contributed by atoms with Crippen molar-refractivity contribution >= 4 is 50.8 Å². The zero-order valence-electron chi connectivity index (χ0n) is 13.2. The van der Waals surface area contributed by atoms with Gasteiger partial charge in [-0.15, -0.1) is 0 Å². The lowest BCUT2D eigenvalue weighted by atomic mass is 10.2. The van der Waals surface area contributed by atoms with Gasteiger partial charge in [-0.2, -0.15) is 5.10 Å². The molecule has 1 amide bonds. The Hall–Kier alpha value is -2.19. The number of hydrazone groups is 1. The summed E-state index contributed by atoms with van der Waals surface area (Å²) in [7, 11) is 1.91. The van der Waals surface area contributed by atoms with Crippen molar-refractivity contribution in [3.05, 3.63) is 58.3 Å². The molecule has 0 fully saturated rings. The van der Waals surface area contributed by atoms with E-state index in [1.54, 1.807) is 12.1 Å². The van der Waals surface area contributed by atoms with Crippen LogP contribution in [0.25, 0.3) is 11.0 Å². The number of carbonyl (C=O) groups is 1. The standard InChI is InChI=1S/C17H14BrFN4OS/c1-23-15-5-3-2-4-14(15)21-17(23)25-10-16(24)22-20-9-11-8-12(18)6-7-13(11)19/h2-9H,10H2,1H3,(H,22,24)/b20-9-. The Kier molecular flexibility index (Phi) is 5.50. The van der Waals surface area contributed by atoms with Gasteiger partial charge in [-0.25, -0.2) is 14.8 Å². The molecule has 0 spiro atoms. The number of hydrogen-bond acceptors (Lipinski definition) is 4. The molecule has 25 heavy (non-hydrogen) atoms. The van der Waals surface area contributed by atoms with Crippen molar-refractivity contribution in [3.8, 4) is 0 Å². The van der Waals surface area contributed by atoms with Gasteiger partial charge in [0, 0.05) is 17.1 Å². The summed E-state index contributed by atoms with van der Waals surface area (Å²) in [6.45, 7) is 0. The maximum Gasteiger partial charge on any atom is 0.250 e. The minimum Gasteiger partial charge on any atom is -0.322 e. The van der Waals surface area contributed by atoms with E-state index in [9.17, 15) is 9.18 Å². The minimum atomic E-state index is -0.407. The summed E-state index contributed by atoms with van der Waals surface area (Å²) in [6.07, 6.45) is 1.28. The van der Waals surface area contributed by atoms with Gasteiger partial charge in [-0.05, 0) is 30.3 Å². The SMILES string of the molecule is Cn1c(SCC(=O)N/N=C\c2cc(Br)ccc2F)nc2ccccc21. The number of imidazole rings is 1. The molecule has 0 saturated carbocycles. The Bertz CT molecular complexity index is 957. The van der Waals surface area contributed by atoms with E-state index in [0.29, 0.717) is 0 Å². The van der Waals surface area contributed by atoms with E-state index in [2.05, 4.69) is 31.4 Å². The normalized spacial score (nSPS) is 11.3. The fourth-order valence-corrected chi connectivity index (χ4v) is 3.36.